The molecule has 0 saturated carbocycles. The molecule has 0 fully saturated rings. The molecule has 4 rings (SSSR count). The predicted octanol–water partition coefficient (Wildman–Crippen LogP) is 4.27. The summed E-state index contributed by atoms with van der Waals surface area (Å²) in [7, 11) is 0. The molecule has 0 bridgehead atoms. The first kappa shape index (κ1) is 27.2. The van der Waals surface area contributed by atoms with Gasteiger partial charge in [0.15, 0.2) is 18.1 Å². The maximum atomic E-state index is 12.3. The van der Waals surface area contributed by atoms with Crippen LogP contribution in [-0.4, -0.2) is 37.3 Å². The van der Waals surface area contributed by atoms with Gasteiger partial charge in [0.25, 0.3) is 5.91 Å². The Hall–Kier alpha value is -3.80. The Morgan fingerprint density at radius 3 is 2.68 bits per heavy atom. The van der Waals surface area contributed by atoms with E-state index in [9.17, 15) is 14.4 Å². The normalized spacial score (nSPS) is 11.8. The summed E-state index contributed by atoms with van der Waals surface area (Å²) in [4.78, 5) is 36.6. The first-order chi connectivity index (χ1) is 18.3. The molecule has 196 valence electrons. The molecule has 1 heterocycles. The minimum Gasteiger partial charge on any atom is -0.483 e. The summed E-state index contributed by atoms with van der Waals surface area (Å²) in [5, 5.41) is 9.47. The Balaban J connectivity index is 1.29. The lowest BCUT2D eigenvalue weighted by atomic mass is 10.2. The molecular weight excluding hydrogens is 603 g/mol. The number of amides is 3. The van der Waals surface area contributed by atoms with Crippen molar-refractivity contribution in [2.45, 2.75) is 6.54 Å². The molecule has 0 aliphatic carbocycles. The molecule has 3 amide bonds. The van der Waals surface area contributed by atoms with Gasteiger partial charge in [0, 0.05) is 16.6 Å². The number of carbonyl (C=O) groups excluding carboxylic acids is 3. The quantitative estimate of drug-likeness (QED) is 0.196. The highest BCUT2D eigenvalue weighted by Gasteiger charge is 2.16. The van der Waals surface area contributed by atoms with E-state index in [2.05, 4.69) is 37.1 Å². The monoisotopic (exact) mass is 620 g/mol. The van der Waals surface area contributed by atoms with Crippen molar-refractivity contribution in [1.29, 1.82) is 0 Å². The zero-order valence-electron chi connectivity index (χ0n) is 19.4. The Bertz CT molecular complexity index is 1420. The van der Waals surface area contributed by atoms with Crippen LogP contribution in [0.2, 0.25) is 10.0 Å². The van der Waals surface area contributed by atoms with E-state index >= 15 is 0 Å². The summed E-state index contributed by atoms with van der Waals surface area (Å²) in [6.45, 7) is -0.0833. The number of halogens is 3. The minimum absolute atomic E-state index is 0.110. The van der Waals surface area contributed by atoms with Crippen molar-refractivity contribution in [3.8, 4) is 17.2 Å². The maximum Gasteiger partial charge on any atom is 0.329 e. The molecule has 10 nitrogen and oxygen atoms in total. The van der Waals surface area contributed by atoms with E-state index in [1.165, 1.54) is 6.21 Å². The third-order valence-electron chi connectivity index (χ3n) is 5.02. The number of rotatable bonds is 8. The molecule has 1 aliphatic rings. The summed E-state index contributed by atoms with van der Waals surface area (Å²) in [5.41, 5.74) is 3.68. The van der Waals surface area contributed by atoms with E-state index in [1.54, 1.807) is 54.6 Å². The van der Waals surface area contributed by atoms with Crippen LogP contribution in [0.15, 0.2) is 64.2 Å². The summed E-state index contributed by atoms with van der Waals surface area (Å²) in [6, 6.07) is 15.0. The van der Waals surface area contributed by atoms with Gasteiger partial charge in [0.2, 0.25) is 6.79 Å². The molecule has 0 spiro atoms. The Kier molecular flexibility index (Phi) is 9.06. The summed E-state index contributed by atoms with van der Waals surface area (Å²) in [5.74, 6) is -0.796. The average molecular weight is 622 g/mol. The van der Waals surface area contributed by atoms with Crippen molar-refractivity contribution < 1.29 is 28.6 Å². The van der Waals surface area contributed by atoms with Crippen LogP contribution in [0.5, 0.6) is 17.2 Å². The van der Waals surface area contributed by atoms with Crippen LogP contribution in [-0.2, 0) is 20.9 Å². The first-order valence-corrected chi connectivity index (χ1v) is 12.5. The SMILES string of the molecule is O=C(COc1ccc(Br)cc1/C=N\NC(=O)C(=O)NCc1ccc2c(c1)OCO2)Nc1cccc(Cl)c1Cl. The number of anilines is 1. The molecule has 0 unspecified atom stereocenters. The van der Waals surface area contributed by atoms with Crippen molar-refractivity contribution >= 4 is 68.8 Å². The number of ether oxygens (including phenoxy) is 3. The molecule has 3 aromatic rings. The largest absolute Gasteiger partial charge is 0.483 e. The Morgan fingerprint density at radius 2 is 1.84 bits per heavy atom. The molecular formula is C25H19BrCl2N4O6. The number of hydrogen-bond acceptors (Lipinski definition) is 7. The van der Waals surface area contributed by atoms with E-state index in [0.29, 0.717) is 38.0 Å². The second-order valence-electron chi connectivity index (χ2n) is 7.69. The fourth-order valence-corrected chi connectivity index (χ4v) is 3.93. The first-order valence-electron chi connectivity index (χ1n) is 11.0. The third kappa shape index (κ3) is 7.15. The van der Waals surface area contributed by atoms with Crippen molar-refractivity contribution in [2.24, 2.45) is 5.10 Å². The molecule has 0 saturated heterocycles. The van der Waals surface area contributed by atoms with E-state index in [-0.39, 0.29) is 25.0 Å². The van der Waals surface area contributed by atoms with Crippen LogP contribution in [0.4, 0.5) is 5.69 Å². The van der Waals surface area contributed by atoms with E-state index in [4.69, 9.17) is 37.4 Å². The number of fused-ring (bicyclic) bond motifs is 1. The summed E-state index contributed by atoms with van der Waals surface area (Å²) < 4.78 is 16.8. The van der Waals surface area contributed by atoms with Gasteiger partial charge in [0.05, 0.1) is 21.9 Å². The smallest absolute Gasteiger partial charge is 0.329 e. The van der Waals surface area contributed by atoms with E-state index < -0.39 is 17.7 Å². The van der Waals surface area contributed by atoms with Gasteiger partial charge in [-0.15, -0.1) is 0 Å². The second kappa shape index (κ2) is 12.6. The molecule has 0 aromatic heterocycles. The highest BCUT2D eigenvalue weighted by Crippen LogP contribution is 2.32. The van der Waals surface area contributed by atoms with Gasteiger partial charge in [-0.05, 0) is 48.0 Å². The Labute approximate surface area is 235 Å². The van der Waals surface area contributed by atoms with Crippen LogP contribution in [0, 0.1) is 0 Å². The van der Waals surface area contributed by atoms with Crippen molar-refractivity contribution in [3.63, 3.8) is 0 Å². The van der Waals surface area contributed by atoms with Gasteiger partial charge in [-0.2, -0.15) is 5.10 Å². The van der Waals surface area contributed by atoms with Crippen LogP contribution in [0.3, 0.4) is 0 Å². The van der Waals surface area contributed by atoms with Gasteiger partial charge in [-0.25, -0.2) is 5.43 Å². The highest BCUT2D eigenvalue weighted by atomic mass is 79.9. The van der Waals surface area contributed by atoms with Crippen molar-refractivity contribution in [1.82, 2.24) is 10.7 Å². The summed E-state index contributed by atoms with van der Waals surface area (Å²) >= 11 is 15.4. The third-order valence-corrected chi connectivity index (χ3v) is 6.33. The predicted molar refractivity (Wildman–Crippen MR) is 145 cm³/mol. The van der Waals surface area contributed by atoms with Gasteiger partial charge in [-0.3, -0.25) is 14.4 Å². The van der Waals surface area contributed by atoms with Gasteiger partial charge < -0.3 is 24.8 Å². The molecule has 1 aliphatic heterocycles. The molecule has 3 aromatic carbocycles. The number of hydrogen-bond donors (Lipinski definition) is 3. The van der Waals surface area contributed by atoms with Gasteiger partial charge in [-0.1, -0.05) is 51.3 Å². The van der Waals surface area contributed by atoms with Crippen LogP contribution < -0.4 is 30.3 Å². The van der Waals surface area contributed by atoms with E-state index in [1.807, 2.05) is 0 Å². The van der Waals surface area contributed by atoms with Gasteiger partial charge in [0.1, 0.15) is 5.75 Å². The fourth-order valence-electron chi connectivity index (χ4n) is 3.21. The molecule has 0 atom stereocenters. The number of nitrogens with one attached hydrogen (secondary N) is 3. The lowest BCUT2D eigenvalue weighted by molar-refractivity contribution is -0.139. The van der Waals surface area contributed by atoms with E-state index in [0.717, 1.165) is 5.56 Å². The topological polar surface area (TPSA) is 127 Å². The molecule has 13 heteroatoms. The fraction of sp³-hybridized carbons (Fsp3) is 0.120. The lowest BCUT2D eigenvalue weighted by Gasteiger charge is -2.11. The second-order valence-corrected chi connectivity index (χ2v) is 9.39. The number of hydrazone groups is 1. The molecule has 3 N–H and O–H groups in total. The molecule has 0 radical (unpaired) electrons. The lowest BCUT2D eigenvalue weighted by Crippen LogP contribution is -2.37. The van der Waals surface area contributed by atoms with Gasteiger partial charge >= 0.3 is 11.8 Å². The van der Waals surface area contributed by atoms with Crippen molar-refractivity contribution in [3.05, 3.63) is 80.2 Å². The zero-order valence-corrected chi connectivity index (χ0v) is 22.5. The maximum absolute atomic E-state index is 12.3. The number of nitrogens with zero attached hydrogens (tertiary/aromatic N) is 1. The number of benzene rings is 3. The Morgan fingerprint density at radius 1 is 1.03 bits per heavy atom. The average Bonchev–Trinajstić information content (AvgIpc) is 3.37. The standard InChI is InChI=1S/C25H19BrCl2N4O6/c26-16-5-7-19(36-12-22(33)31-18-3-1-2-17(27)23(18)28)15(9-16)11-30-32-25(35)24(34)29-10-14-4-6-20-21(8-14)38-13-37-20/h1-9,11H,10,12-13H2,(H,29,34)(H,31,33)(H,32,35)/b30-11-. The number of carbonyl (C=O) groups is 3. The minimum atomic E-state index is -0.961. The van der Waals surface area contributed by atoms with Crippen molar-refractivity contribution in [2.75, 3.05) is 18.7 Å². The zero-order chi connectivity index (χ0) is 27.1. The van der Waals surface area contributed by atoms with Crippen LogP contribution >= 0.6 is 39.1 Å². The highest BCUT2D eigenvalue weighted by molar-refractivity contribution is 9.10. The van der Waals surface area contributed by atoms with Crippen LogP contribution in [0.1, 0.15) is 11.1 Å². The molecule has 38 heavy (non-hydrogen) atoms. The van der Waals surface area contributed by atoms with Crippen LogP contribution in [0.25, 0.3) is 0 Å². The summed E-state index contributed by atoms with van der Waals surface area (Å²) in [6.07, 6.45) is 1.29.